The van der Waals surface area contributed by atoms with E-state index < -0.39 is 20.0 Å². The molecule has 0 atom stereocenters. The highest BCUT2D eigenvalue weighted by molar-refractivity contribution is 7.93. The average Bonchev–Trinajstić information content (AvgIpc) is 2.66. The summed E-state index contributed by atoms with van der Waals surface area (Å²) in [5.41, 5.74) is 1.73. The standard InChI is InChI=1S/C20H18Cl2N2O4S2/c1-13-12-20(14(2)11-19(13)22)30(27,28)24-17-7-9-18(10-8-17)29(25,26)23-16-5-3-15(21)4-6-16/h3-12,23-24H,1-2H3. The summed E-state index contributed by atoms with van der Waals surface area (Å²) in [6, 6.07) is 14.7. The van der Waals surface area contributed by atoms with Crippen LogP contribution in [0.15, 0.2) is 70.5 Å². The summed E-state index contributed by atoms with van der Waals surface area (Å²) in [5, 5.41) is 0.967. The van der Waals surface area contributed by atoms with E-state index >= 15 is 0 Å². The first kappa shape index (κ1) is 22.4. The van der Waals surface area contributed by atoms with Gasteiger partial charge < -0.3 is 0 Å². The molecule has 0 bridgehead atoms. The number of nitrogens with one attached hydrogen (secondary N) is 2. The van der Waals surface area contributed by atoms with E-state index in [1.165, 1.54) is 30.3 Å². The molecule has 0 saturated heterocycles. The van der Waals surface area contributed by atoms with Gasteiger partial charge in [0.05, 0.1) is 9.79 Å². The molecule has 0 aliphatic rings. The van der Waals surface area contributed by atoms with Crippen LogP contribution in [0.1, 0.15) is 11.1 Å². The minimum atomic E-state index is -3.87. The summed E-state index contributed by atoms with van der Waals surface area (Å²) in [6.07, 6.45) is 0. The third kappa shape index (κ3) is 5.07. The van der Waals surface area contributed by atoms with Gasteiger partial charge in [0.1, 0.15) is 0 Å². The minimum absolute atomic E-state index is 0.0149. The smallest absolute Gasteiger partial charge is 0.262 e. The van der Waals surface area contributed by atoms with Crippen LogP contribution in [0.5, 0.6) is 0 Å². The first-order chi connectivity index (χ1) is 14.0. The lowest BCUT2D eigenvalue weighted by Crippen LogP contribution is -2.15. The highest BCUT2D eigenvalue weighted by Crippen LogP contribution is 2.26. The van der Waals surface area contributed by atoms with E-state index in [0.717, 1.165) is 0 Å². The van der Waals surface area contributed by atoms with Crippen molar-refractivity contribution in [1.82, 2.24) is 0 Å². The predicted molar refractivity (Wildman–Crippen MR) is 120 cm³/mol. The molecule has 3 rings (SSSR count). The number of rotatable bonds is 6. The average molecular weight is 485 g/mol. The topological polar surface area (TPSA) is 92.3 Å². The molecule has 6 nitrogen and oxygen atoms in total. The number of hydrogen-bond donors (Lipinski definition) is 2. The maximum absolute atomic E-state index is 12.7. The molecule has 0 saturated carbocycles. The first-order valence-electron chi connectivity index (χ1n) is 8.66. The van der Waals surface area contributed by atoms with Crippen molar-refractivity contribution in [2.75, 3.05) is 9.44 Å². The number of benzene rings is 3. The fourth-order valence-corrected chi connectivity index (χ4v) is 5.46. The molecular formula is C20H18Cl2N2O4S2. The van der Waals surface area contributed by atoms with E-state index in [2.05, 4.69) is 9.44 Å². The maximum atomic E-state index is 12.7. The van der Waals surface area contributed by atoms with E-state index in [9.17, 15) is 16.8 Å². The second-order valence-corrected chi connectivity index (χ2v) is 10.8. The SMILES string of the molecule is Cc1cc(S(=O)(=O)Nc2ccc(S(=O)(=O)Nc3ccc(Cl)cc3)cc2)c(C)cc1Cl. The van der Waals surface area contributed by atoms with Gasteiger partial charge in [-0.1, -0.05) is 23.2 Å². The third-order valence-electron chi connectivity index (χ3n) is 4.26. The van der Waals surface area contributed by atoms with Gasteiger partial charge in [-0.05, 0) is 85.6 Å². The summed E-state index contributed by atoms with van der Waals surface area (Å²) in [6.45, 7) is 3.37. The second kappa shape index (κ2) is 8.47. The fourth-order valence-electron chi connectivity index (χ4n) is 2.69. The number of aryl methyl sites for hydroxylation is 2. The Morgan fingerprint density at radius 2 is 1.17 bits per heavy atom. The van der Waals surface area contributed by atoms with Gasteiger partial charge in [0.2, 0.25) is 0 Å². The molecule has 30 heavy (non-hydrogen) atoms. The van der Waals surface area contributed by atoms with Crippen LogP contribution >= 0.6 is 23.2 Å². The van der Waals surface area contributed by atoms with Gasteiger partial charge in [-0.3, -0.25) is 9.44 Å². The number of anilines is 2. The van der Waals surface area contributed by atoms with E-state index in [4.69, 9.17) is 23.2 Å². The van der Waals surface area contributed by atoms with Gasteiger partial charge in [0, 0.05) is 21.4 Å². The quantitative estimate of drug-likeness (QED) is 0.501. The lowest BCUT2D eigenvalue weighted by Gasteiger charge is -2.13. The zero-order valence-electron chi connectivity index (χ0n) is 16.0. The minimum Gasteiger partial charge on any atom is -0.280 e. The Morgan fingerprint density at radius 3 is 1.73 bits per heavy atom. The Hall–Kier alpha value is -2.26. The molecule has 0 spiro atoms. The van der Waals surface area contributed by atoms with Gasteiger partial charge in [-0.15, -0.1) is 0 Å². The van der Waals surface area contributed by atoms with E-state index in [0.29, 0.717) is 26.9 Å². The van der Waals surface area contributed by atoms with Gasteiger partial charge >= 0.3 is 0 Å². The van der Waals surface area contributed by atoms with Crippen LogP contribution < -0.4 is 9.44 Å². The van der Waals surface area contributed by atoms with Crippen molar-refractivity contribution in [3.8, 4) is 0 Å². The molecule has 158 valence electrons. The summed E-state index contributed by atoms with van der Waals surface area (Å²) in [4.78, 5) is 0.0874. The van der Waals surface area contributed by atoms with Crippen molar-refractivity contribution >= 4 is 54.6 Å². The molecule has 0 fully saturated rings. The molecule has 10 heteroatoms. The van der Waals surface area contributed by atoms with Gasteiger partial charge in [-0.2, -0.15) is 0 Å². The summed E-state index contributed by atoms with van der Waals surface area (Å²) in [7, 11) is -7.71. The molecule has 0 aliphatic carbocycles. The zero-order chi connectivity index (χ0) is 22.1. The highest BCUT2D eigenvalue weighted by atomic mass is 35.5. The van der Waals surface area contributed by atoms with Crippen molar-refractivity contribution in [2.45, 2.75) is 23.6 Å². The summed E-state index contributed by atoms with van der Waals surface area (Å²) < 4.78 is 55.4. The van der Waals surface area contributed by atoms with Gasteiger partial charge in [0.25, 0.3) is 20.0 Å². The van der Waals surface area contributed by atoms with Crippen molar-refractivity contribution in [1.29, 1.82) is 0 Å². The van der Waals surface area contributed by atoms with Crippen LogP contribution in [-0.2, 0) is 20.0 Å². The van der Waals surface area contributed by atoms with Crippen LogP contribution in [0.2, 0.25) is 10.0 Å². The third-order valence-corrected chi connectivity index (χ3v) is 7.84. The van der Waals surface area contributed by atoms with Crippen LogP contribution in [0.4, 0.5) is 11.4 Å². The van der Waals surface area contributed by atoms with Crippen molar-refractivity contribution in [2.24, 2.45) is 0 Å². The van der Waals surface area contributed by atoms with Crippen LogP contribution in [0.3, 0.4) is 0 Å². The lowest BCUT2D eigenvalue weighted by atomic mass is 10.2. The molecule has 0 radical (unpaired) electrons. The van der Waals surface area contributed by atoms with Crippen molar-refractivity contribution in [3.63, 3.8) is 0 Å². The van der Waals surface area contributed by atoms with E-state index in [1.807, 2.05) is 0 Å². The zero-order valence-corrected chi connectivity index (χ0v) is 19.1. The second-order valence-electron chi connectivity index (χ2n) is 6.61. The Kier molecular flexibility index (Phi) is 6.33. The van der Waals surface area contributed by atoms with Crippen molar-refractivity contribution in [3.05, 3.63) is 81.8 Å². The van der Waals surface area contributed by atoms with Crippen LogP contribution in [0, 0.1) is 13.8 Å². The first-order valence-corrected chi connectivity index (χ1v) is 12.4. The summed E-state index contributed by atoms with van der Waals surface area (Å²) >= 11 is 11.8. The molecule has 0 amide bonds. The number of hydrogen-bond acceptors (Lipinski definition) is 4. The van der Waals surface area contributed by atoms with Crippen LogP contribution in [-0.4, -0.2) is 16.8 Å². The van der Waals surface area contributed by atoms with E-state index in [-0.39, 0.29) is 15.5 Å². The fraction of sp³-hybridized carbons (Fsp3) is 0.100. The Labute approximate surface area is 186 Å². The molecule has 0 aromatic heterocycles. The molecule has 3 aromatic carbocycles. The van der Waals surface area contributed by atoms with E-state index in [1.54, 1.807) is 44.2 Å². The van der Waals surface area contributed by atoms with Gasteiger partial charge in [-0.25, -0.2) is 16.8 Å². The molecule has 0 aliphatic heterocycles. The highest BCUT2D eigenvalue weighted by Gasteiger charge is 2.19. The molecular weight excluding hydrogens is 467 g/mol. The predicted octanol–water partition coefficient (Wildman–Crippen LogP) is 5.21. The molecule has 0 unspecified atom stereocenters. The molecule has 2 N–H and O–H groups in total. The summed E-state index contributed by atoms with van der Waals surface area (Å²) in [5.74, 6) is 0. The Balaban J connectivity index is 1.81. The largest absolute Gasteiger partial charge is 0.280 e. The number of halogens is 2. The Morgan fingerprint density at radius 1 is 0.667 bits per heavy atom. The lowest BCUT2D eigenvalue weighted by molar-refractivity contribution is 0.599. The molecule has 3 aromatic rings. The van der Waals surface area contributed by atoms with Crippen LogP contribution in [0.25, 0.3) is 0 Å². The number of sulfonamides is 2. The maximum Gasteiger partial charge on any atom is 0.262 e. The normalized spacial score (nSPS) is 11.9. The Bertz CT molecular complexity index is 1290. The van der Waals surface area contributed by atoms with Crippen molar-refractivity contribution < 1.29 is 16.8 Å². The molecule has 0 heterocycles. The monoisotopic (exact) mass is 484 g/mol. The van der Waals surface area contributed by atoms with Gasteiger partial charge in [0.15, 0.2) is 0 Å².